The topological polar surface area (TPSA) is 67.2 Å². The lowest BCUT2D eigenvalue weighted by Crippen LogP contribution is -2.25. The van der Waals surface area contributed by atoms with Crippen LogP contribution in [0.2, 0.25) is 0 Å². The summed E-state index contributed by atoms with van der Waals surface area (Å²) in [6.07, 6.45) is 3.85. The number of nitrogens with one attached hydrogen (secondary N) is 2. The van der Waals surface area contributed by atoms with Crippen LogP contribution in [-0.2, 0) is 6.42 Å². The van der Waals surface area contributed by atoms with Crippen molar-refractivity contribution in [2.24, 2.45) is 0 Å². The number of furan rings is 1. The van der Waals surface area contributed by atoms with Crippen molar-refractivity contribution in [1.82, 2.24) is 10.3 Å². The minimum absolute atomic E-state index is 0.128. The molecule has 1 amide bonds. The van der Waals surface area contributed by atoms with Crippen molar-refractivity contribution in [3.63, 3.8) is 0 Å². The lowest BCUT2D eigenvalue weighted by molar-refractivity contribution is 0.0953. The molecule has 0 unspecified atom stereocenters. The van der Waals surface area contributed by atoms with E-state index < -0.39 is 0 Å². The molecule has 0 saturated carbocycles. The molecule has 2 N–H and O–H groups in total. The van der Waals surface area contributed by atoms with E-state index in [9.17, 15) is 4.79 Å². The molecule has 0 fully saturated rings. The maximum Gasteiger partial charge on any atom is 0.252 e. The Morgan fingerprint density at radius 2 is 2.28 bits per heavy atom. The number of aromatic nitrogens is 1. The summed E-state index contributed by atoms with van der Waals surface area (Å²) in [5, 5.41) is 5.71. The summed E-state index contributed by atoms with van der Waals surface area (Å²) < 4.78 is 5.18. The van der Waals surface area contributed by atoms with Crippen molar-refractivity contribution in [3.05, 3.63) is 48.0 Å². The Bertz CT molecular complexity index is 491. The second-order valence-corrected chi connectivity index (χ2v) is 3.77. The number of hydrogen-bond acceptors (Lipinski definition) is 4. The van der Waals surface area contributed by atoms with Crippen LogP contribution in [0, 0.1) is 0 Å². The maximum absolute atomic E-state index is 11.8. The zero-order chi connectivity index (χ0) is 12.8. The van der Waals surface area contributed by atoms with Gasteiger partial charge in [0.05, 0.1) is 11.8 Å². The highest BCUT2D eigenvalue weighted by Gasteiger charge is 2.05. The molecule has 0 aliphatic heterocycles. The molecule has 0 aromatic carbocycles. The lowest BCUT2D eigenvalue weighted by Gasteiger charge is -2.04. The molecule has 0 atom stereocenters. The van der Waals surface area contributed by atoms with Gasteiger partial charge in [-0.15, -0.1) is 0 Å². The predicted molar refractivity (Wildman–Crippen MR) is 68.5 cm³/mol. The van der Waals surface area contributed by atoms with Crippen molar-refractivity contribution in [3.8, 4) is 0 Å². The quantitative estimate of drug-likeness (QED) is 0.841. The molecule has 0 bridgehead atoms. The molecule has 0 aliphatic rings. The second-order valence-electron chi connectivity index (χ2n) is 3.77. The number of amides is 1. The van der Waals surface area contributed by atoms with E-state index in [0.717, 1.165) is 11.6 Å². The number of pyridine rings is 1. The SMILES string of the molecule is CNc1ccc(C(=O)NCCc2ccco2)cn1. The first-order chi connectivity index (χ1) is 8.79. The summed E-state index contributed by atoms with van der Waals surface area (Å²) in [5.41, 5.74) is 0.549. The summed E-state index contributed by atoms with van der Waals surface area (Å²) in [7, 11) is 1.78. The van der Waals surface area contributed by atoms with Crippen LogP contribution in [0.25, 0.3) is 0 Å². The summed E-state index contributed by atoms with van der Waals surface area (Å²) in [5.74, 6) is 1.47. The van der Waals surface area contributed by atoms with Gasteiger partial charge in [-0.3, -0.25) is 4.79 Å². The van der Waals surface area contributed by atoms with Gasteiger partial charge in [0.15, 0.2) is 0 Å². The number of carbonyl (C=O) groups is 1. The third kappa shape index (κ3) is 3.10. The number of carbonyl (C=O) groups excluding carboxylic acids is 1. The Balaban J connectivity index is 1.83. The van der Waals surface area contributed by atoms with Crippen molar-refractivity contribution in [2.75, 3.05) is 18.9 Å². The highest BCUT2D eigenvalue weighted by atomic mass is 16.3. The van der Waals surface area contributed by atoms with Crippen molar-refractivity contribution in [1.29, 1.82) is 0 Å². The van der Waals surface area contributed by atoms with E-state index in [0.29, 0.717) is 18.5 Å². The minimum atomic E-state index is -0.128. The van der Waals surface area contributed by atoms with E-state index in [-0.39, 0.29) is 5.91 Å². The Hall–Kier alpha value is -2.30. The Morgan fingerprint density at radius 1 is 1.39 bits per heavy atom. The normalized spacial score (nSPS) is 10.1. The summed E-state index contributed by atoms with van der Waals surface area (Å²) in [6, 6.07) is 7.22. The molecule has 5 nitrogen and oxygen atoms in total. The van der Waals surface area contributed by atoms with Crippen molar-refractivity contribution < 1.29 is 9.21 Å². The zero-order valence-corrected chi connectivity index (χ0v) is 10.1. The first kappa shape index (κ1) is 12.2. The van der Waals surface area contributed by atoms with E-state index >= 15 is 0 Å². The molecule has 94 valence electrons. The zero-order valence-electron chi connectivity index (χ0n) is 10.1. The van der Waals surface area contributed by atoms with E-state index in [2.05, 4.69) is 15.6 Å². The third-order valence-corrected chi connectivity index (χ3v) is 2.52. The van der Waals surface area contributed by atoms with Crippen LogP contribution < -0.4 is 10.6 Å². The molecule has 0 aliphatic carbocycles. The Morgan fingerprint density at radius 3 is 2.89 bits per heavy atom. The molecule has 0 spiro atoms. The molecular weight excluding hydrogens is 230 g/mol. The first-order valence-electron chi connectivity index (χ1n) is 5.74. The highest BCUT2D eigenvalue weighted by Crippen LogP contribution is 2.04. The summed E-state index contributed by atoms with van der Waals surface area (Å²) in [4.78, 5) is 15.9. The van der Waals surface area contributed by atoms with Gasteiger partial charge >= 0.3 is 0 Å². The van der Waals surface area contributed by atoms with Gasteiger partial charge in [-0.25, -0.2) is 4.98 Å². The molecule has 2 rings (SSSR count). The molecule has 2 heterocycles. The number of nitrogens with zero attached hydrogens (tertiary/aromatic N) is 1. The smallest absolute Gasteiger partial charge is 0.252 e. The maximum atomic E-state index is 11.8. The van der Waals surface area contributed by atoms with Crippen LogP contribution in [-0.4, -0.2) is 24.5 Å². The second kappa shape index (κ2) is 5.86. The van der Waals surface area contributed by atoms with Gasteiger partial charge in [0, 0.05) is 26.2 Å². The van der Waals surface area contributed by atoms with Gasteiger partial charge in [-0.05, 0) is 24.3 Å². The van der Waals surface area contributed by atoms with E-state index in [1.807, 2.05) is 12.1 Å². The lowest BCUT2D eigenvalue weighted by atomic mass is 10.2. The van der Waals surface area contributed by atoms with E-state index in [1.165, 1.54) is 0 Å². The fourth-order valence-corrected chi connectivity index (χ4v) is 1.53. The van der Waals surface area contributed by atoms with Crippen LogP contribution in [0.3, 0.4) is 0 Å². The van der Waals surface area contributed by atoms with E-state index in [1.54, 1.807) is 31.6 Å². The molecule has 0 saturated heterocycles. The summed E-state index contributed by atoms with van der Waals surface area (Å²) >= 11 is 0. The largest absolute Gasteiger partial charge is 0.469 e. The van der Waals surface area contributed by atoms with Gasteiger partial charge in [0.2, 0.25) is 0 Å². The van der Waals surface area contributed by atoms with Crippen molar-refractivity contribution in [2.45, 2.75) is 6.42 Å². The predicted octanol–water partition coefficient (Wildman–Crippen LogP) is 1.69. The average Bonchev–Trinajstić information content (AvgIpc) is 2.92. The Kier molecular flexibility index (Phi) is 3.96. The van der Waals surface area contributed by atoms with Crippen molar-refractivity contribution >= 4 is 11.7 Å². The van der Waals surface area contributed by atoms with Crippen LogP contribution in [0.15, 0.2) is 41.1 Å². The van der Waals surface area contributed by atoms with Crippen LogP contribution in [0.4, 0.5) is 5.82 Å². The van der Waals surface area contributed by atoms with Gasteiger partial charge in [0.1, 0.15) is 11.6 Å². The third-order valence-electron chi connectivity index (χ3n) is 2.52. The molecule has 5 heteroatoms. The highest BCUT2D eigenvalue weighted by molar-refractivity contribution is 5.94. The van der Waals surface area contributed by atoms with Gasteiger partial charge < -0.3 is 15.1 Å². The standard InChI is InChI=1S/C13H15N3O2/c1-14-12-5-4-10(9-16-12)13(17)15-7-6-11-3-2-8-18-11/h2-5,8-9H,6-7H2,1H3,(H,14,16)(H,15,17). The van der Waals surface area contributed by atoms with Crippen LogP contribution in [0.5, 0.6) is 0 Å². The number of rotatable bonds is 5. The number of anilines is 1. The fraction of sp³-hybridized carbons (Fsp3) is 0.231. The molecule has 18 heavy (non-hydrogen) atoms. The summed E-state index contributed by atoms with van der Waals surface area (Å²) in [6.45, 7) is 0.542. The van der Waals surface area contributed by atoms with Crippen LogP contribution >= 0.6 is 0 Å². The fourth-order valence-electron chi connectivity index (χ4n) is 1.53. The average molecular weight is 245 g/mol. The molecular formula is C13H15N3O2. The van der Waals surface area contributed by atoms with Gasteiger partial charge in [-0.2, -0.15) is 0 Å². The molecule has 2 aromatic rings. The molecule has 0 radical (unpaired) electrons. The Labute approximate surface area is 105 Å². The van der Waals surface area contributed by atoms with Gasteiger partial charge in [-0.1, -0.05) is 0 Å². The monoisotopic (exact) mass is 245 g/mol. The number of hydrogen-bond donors (Lipinski definition) is 2. The van der Waals surface area contributed by atoms with Crippen LogP contribution in [0.1, 0.15) is 16.1 Å². The minimum Gasteiger partial charge on any atom is -0.469 e. The molecule has 2 aromatic heterocycles. The van der Waals surface area contributed by atoms with Gasteiger partial charge in [0.25, 0.3) is 5.91 Å². The van der Waals surface area contributed by atoms with E-state index in [4.69, 9.17) is 4.42 Å². The first-order valence-corrected chi connectivity index (χ1v) is 5.74.